The number of fused-ring (bicyclic) bond motifs is 2. The number of aromatic nitrogens is 2. The first-order valence-electron chi connectivity index (χ1n) is 6.75. The molecular weight excluding hydrogens is 284 g/mol. The second kappa shape index (κ2) is 4.33. The number of hydrogen-bond donors (Lipinski definition) is 2. The van der Waals surface area contributed by atoms with E-state index in [9.17, 15) is 4.79 Å². The minimum atomic E-state index is -0.267. The molecule has 4 rings (SSSR count). The van der Waals surface area contributed by atoms with Gasteiger partial charge in [-0.2, -0.15) is 0 Å². The molecule has 2 aromatic heterocycles. The molecular formula is C15H14N4OS. The van der Waals surface area contributed by atoms with E-state index in [1.807, 2.05) is 31.2 Å². The van der Waals surface area contributed by atoms with Crippen LogP contribution in [0.15, 0.2) is 30.5 Å². The number of para-hydroxylation sites is 1. The number of nitrogens with one attached hydrogen (secondary N) is 2. The van der Waals surface area contributed by atoms with Crippen LogP contribution in [0.5, 0.6) is 0 Å². The predicted molar refractivity (Wildman–Crippen MR) is 82.8 cm³/mol. The summed E-state index contributed by atoms with van der Waals surface area (Å²) in [5, 5.41) is 6.39. The predicted octanol–water partition coefficient (Wildman–Crippen LogP) is 2.87. The first kappa shape index (κ1) is 12.4. The van der Waals surface area contributed by atoms with Gasteiger partial charge in [0.25, 0.3) is 5.91 Å². The fraction of sp³-hybridized carbons (Fsp3) is 0.200. The van der Waals surface area contributed by atoms with Crippen molar-refractivity contribution in [3.05, 3.63) is 52.3 Å². The number of carbonyl (C=O) groups excluding carboxylic acids is 1. The topological polar surface area (TPSA) is 58.4 Å². The van der Waals surface area contributed by atoms with Crippen LogP contribution in [0.2, 0.25) is 0 Å². The van der Waals surface area contributed by atoms with E-state index in [2.05, 4.69) is 33.1 Å². The second-order valence-electron chi connectivity index (χ2n) is 5.17. The third-order valence-electron chi connectivity index (χ3n) is 3.68. The highest BCUT2D eigenvalue weighted by Gasteiger charge is 2.28. The molecule has 3 aromatic rings. The molecule has 106 valence electrons. The van der Waals surface area contributed by atoms with E-state index >= 15 is 0 Å². The van der Waals surface area contributed by atoms with Crippen molar-refractivity contribution in [3.63, 3.8) is 0 Å². The minimum absolute atomic E-state index is 0.0596. The Bertz CT molecular complexity index is 864. The Hall–Kier alpha value is -2.34. The zero-order chi connectivity index (χ0) is 14.6. The minimum Gasteiger partial charge on any atom is -0.360 e. The molecule has 1 amide bonds. The number of thiazole rings is 1. The van der Waals surface area contributed by atoms with Crippen molar-refractivity contribution in [1.29, 1.82) is 0 Å². The maximum Gasteiger partial charge on any atom is 0.255 e. The van der Waals surface area contributed by atoms with Crippen molar-refractivity contribution in [2.45, 2.75) is 20.0 Å². The third-order valence-corrected chi connectivity index (χ3v) is 4.58. The Morgan fingerprint density at radius 2 is 2.05 bits per heavy atom. The zero-order valence-corrected chi connectivity index (χ0v) is 12.5. The van der Waals surface area contributed by atoms with E-state index in [-0.39, 0.29) is 12.1 Å². The largest absolute Gasteiger partial charge is 0.360 e. The van der Waals surface area contributed by atoms with Crippen LogP contribution >= 0.6 is 11.3 Å². The standard InChI is InChI=1S/C15H14N4OS/c1-8-7-19-12(9(2)16-15(19)21-8)13-17-11-6-4-3-5-10(11)14(20)18-13/h3-7,13,17H,1-2H3,(H,18,20)/t13-/m1/s1. The van der Waals surface area contributed by atoms with Gasteiger partial charge in [-0.05, 0) is 26.0 Å². The van der Waals surface area contributed by atoms with E-state index < -0.39 is 0 Å². The number of rotatable bonds is 1. The first-order valence-corrected chi connectivity index (χ1v) is 7.56. The molecule has 0 saturated carbocycles. The Balaban J connectivity index is 1.83. The van der Waals surface area contributed by atoms with Crippen LogP contribution in [0.4, 0.5) is 5.69 Å². The summed E-state index contributed by atoms with van der Waals surface area (Å²) >= 11 is 1.65. The Kier molecular flexibility index (Phi) is 2.56. The van der Waals surface area contributed by atoms with E-state index in [1.165, 1.54) is 4.88 Å². The van der Waals surface area contributed by atoms with E-state index in [0.717, 1.165) is 22.0 Å². The van der Waals surface area contributed by atoms with E-state index in [4.69, 9.17) is 0 Å². The summed E-state index contributed by atoms with van der Waals surface area (Å²) < 4.78 is 2.06. The molecule has 1 aromatic carbocycles. The van der Waals surface area contributed by atoms with Crippen molar-refractivity contribution in [2.24, 2.45) is 0 Å². The number of benzene rings is 1. The van der Waals surface area contributed by atoms with Crippen molar-refractivity contribution in [1.82, 2.24) is 14.7 Å². The molecule has 0 bridgehead atoms. The average Bonchev–Trinajstić information content (AvgIpc) is 2.93. The number of anilines is 1. The lowest BCUT2D eigenvalue weighted by atomic mass is 10.1. The van der Waals surface area contributed by atoms with Gasteiger partial charge < -0.3 is 10.6 Å². The molecule has 0 saturated heterocycles. The quantitative estimate of drug-likeness (QED) is 0.726. The van der Waals surface area contributed by atoms with Gasteiger partial charge in [-0.1, -0.05) is 12.1 Å². The molecule has 0 spiro atoms. The number of imidazole rings is 1. The van der Waals surface area contributed by atoms with Gasteiger partial charge in [0.1, 0.15) is 6.17 Å². The van der Waals surface area contributed by atoms with Crippen molar-refractivity contribution in [3.8, 4) is 0 Å². The lowest BCUT2D eigenvalue weighted by molar-refractivity contribution is 0.0934. The Morgan fingerprint density at radius 3 is 2.90 bits per heavy atom. The lowest BCUT2D eigenvalue weighted by Gasteiger charge is -2.27. The van der Waals surface area contributed by atoms with Gasteiger partial charge in [0.15, 0.2) is 4.96 Å². The number of nitrogens with zero attached hydrogens (tertiary/aromatic N) is 2. The van der Waals surface area contributed by atoms with Crippen LogP contribution in [0, 0.1) is 13.8 Å². The molecule has 0 radical (unpaired) electrons. The monoisotopic (exact) mass is 298 g/mol. The summed E-state index contributed by atoms with van der Waals surface area (Å²) in [7, 11) is 0. The van der Waals surface area contributed by atoms with Gasteiger partial charge in [-0.25, -0.2) is 4.98 Å². The molecule has 3 heterocycles. The van der Waals surface area contributed by atoms with Crippen LogP contribution in [-0.2, 0) is 0 Å². The highest BCUT2D eigenvalue weighted by atomic mass is 32.1. The first-order chi connectivity index (χ1) is 10.1. The maximum absolute atomic E-state index is 12.3. The highest BCUT2D eigenvalue weighted by Crippen LogP contribution is 2.30. The van der Waals surface area contributed by atoms with Crippen molar-refractivity contribution >= 4 is 27.9 Å². The number of carbonyl (C=O) groups is 1. The molecule has 21 heavy (non-hydrogen) atoms. The normalized spacial score (nSPS) is 17.4. The highest BCUT2D eigenvalue weighted by molar-refractivity contribution is 7.17. The molecule has 5 nitrogen and oxygen atoms in total. The summed E-state index contributed by atoms with van der Waals surface area (Å²) in [6.07, 6.45) is 1.79. The van der Waals surface area contributed by atoms with Gasteiger partial charge >= 0.3 is 0 Å². The van der Waals surface area contributed by atoms with Crippen molar-refractivity contribution < 1.29 is 4.79 Å². The summed E-state index contributed by atoms with van der Waals surface area (Å²) in [4.78, 5) is 19.0. The van der Waals surface area contributed by atoms with Crippen LogP contribution in [0.3, 0.4) is 0 Å². The smallest absolute Gasteiger partial charge is 0.255 e. The third kappa shape index (κ3) is 1.83. The molecule has 0 unspecified atom stereocenters. The number of amides is 1. The Morgan fingerprint density at radius 1 is 1.24 bits per heavy atom. The summed E-state index contributed by atoms with van der Waals surface area (Å²) in [5.41, 5.74) is 3.44. The second-order valence-corrected chi connectivity index (χ2v) is 6.39. The van der Waals surface area contributed by atoms with Crippen LogP contribution < -0.4 is 10.6 Å². The zero-order valence-electron chi connectivity index (χ0n) is 11.7. The van der Waals surface area contributed by atoms with Gasteiger partial charge in [-0.15, -0.1) is 11.3 Å². The molecule has 1 aliphatic rings. The van der Waals surface area contributed by atoms with Gasteiger partial charge in [0.2, 0.25) is 0 Å². The summed E-state index contributed by atoms with van der Waals surface area (Å²) in [6.45, 7) is 4.03. The van der Waals surface area contributed by atoms with Crippen LogP contribution in [0.25, 0.3) is 4.96 Å². The number of hydrogen-bond acceptors (Lipinski definition) is 4. The Labute approximate surface area is 125 Å². The molecule has 0 aliphatic carbocycles. The van der Waals surface area contributed by atoms with Crippen LogP contribution in [0.1, 0.15) is 32.8 Å². The fourth-order valence-corrected chi connectivity index (χ4v) is 3.65. The molecule has 6 heteroatoms. The molecule has 2 N–H and O–H groups in total. The molecule has 0 fully saturated rings. The summed E-state index contributed by atoms with van der Waals surface area (Å²) in [6, 6.07) is 7.54. The lowest BCUT2D eigenvalue weighted by Crippen LogP contribution is -2.39. The van der Waals surface area contributed by atoms with Crippen LogP contribution in [-0.4, -0.2) is 15.3 Å². The van der Waals surface area contributed by atoms with Gasteiger partial charge in [0.05, 0.1) is 17.0 Å². The fourth-order valence-electron chi connectivity index (χ4n) is 2.77. The van der Waals surface area contributed by atoms with E-state index in [0.29, 0.717) is 5.56 Å². The van der Waals surface area contributed by atoms with E-state index in [1.54, 1.807) is 11.3 Å². The SMILES string of the molecule is Cc1cn2c([C@H]3NC(=O)c4ccccc4N3)c(C)nc2s1. The molecule has 1 atom stereocenters. The average molecular weight is 298 g/mol. The van der Waals surface area contributed by atoms with Crippen molar-refractivity contribution in [2.75, 3.05) is 5.32 Å². The number of aryl methyl sites for hydroxylation is 2. The maximum atomic E-state index is 12.3. The molecule has 1 aliphatic heterocycles. The summed E-state index contributed by atoms with van der Waals surface area (Å²) in [5.74, 6) is -0.0596. The van der Waals surface area contributed by atoms with Gasteiger partial charge in [-0.3, -0.25) is 9.20 Å². The van der Waals surface area contributed by atoms with Gasteiger partial charge in [0, 0.05) is 16.8 Å².